The van der Waals surface area contributed by atoms with Crippen LogP contribution in [0.1, 0.15) is 15.4 Å². The van der Waals surface area contributed by atoms with Crippen LogP contribution >= 0.6 is 27.3 Å². The summed E-state index contributed by atoms with van der Waals surface area (Å²) in [6.07, 6.45) is 1.37. The number of aromatic nitrogens is 1. The smallest absolute Gasteiger partial charge is 0.270 e. The number of thiophene rings is 1. The third-order valence-electron chi connectivity index (χ3n) is 3.86. The molecule has 1 aliphatic rings. The van der Waals surface area contributed by atoms with Crippen LogP contribution < -0.4 is 0 Å². The summed E-state index contributed by atoms with van der Waals surface area (Å²) in [6.45, 7) is 1.87. The molecule has 3 rings (SSSR count). The summed E-state index contributed by atoms with van der Waals surface area (Å²) in [5.41, 5.74) is 0.255. The summed E-state index contributed by atoms with van der Waals surface area (Å²) in [4.78, 5) is 18.0. The number of ether oxygens (including phenoxy) is 1. The highest BCUT2D eigenvalue weighted by molar-refractivity contribution is 9.11. The molecule has 0 spiro atoms. The second kappa shape index (κ2) is 7.58. The molecule has 0 aromatic carbocycles. The number of hydrogen-bond donors (Lipinski definition) is 1. The summed E-state index contributed by atoms with van der Waals surface area (Å²) >= 11 is 4.95. The van der Waals surface area contributed by atoms with Gasteiger partial charge in [-0.1, -0.05) is 0 Å². The van der Waals surface area contributed by atoms with E-state index in [0.29, 0.717) is 32.8 Å². The van der Waals surface area contributed by atoms with E-state index in [2.05, 4.69) is 20.9 Å². The molecule has 0 atom stereocenters. The number of carbonyl (C=O) groups excluding carboxylic acids is 1. The van der Waals surface area contributed by atoms with Gasteiger partial charge in [-0.05, 0) is 34.1 Å². The molecule has 10 heteroatoms. The molecule has 1 saturated heterocycles. The average Bonchev–Trinajstić information content (AvgIpc) is 3.24. The summed E-state index contributed by atoms with van der Waals surface area (Å²) in [7, 11) is -1.92. The number of aromatic amines is 1. The molecule has 7 nitrogen and oxygen atoms in total. The lowest BCUT2D eigenvalue weighted by Gasteiger charge is -2.25. The maximum absolute atomic E-state index is 12.6. The Labute approximate surface area is 158 Å². The van der Waals surface area contributed by atoms with E-state index in [9.17, 15) is 13.2 Å². The molecular formula is C15H18BrN3O4S2. The van der Waals surface area contributed by atoms with Gasteiger partial charge in [0.25, 0.3) is 5.91 Å². The minimum atomic E-state index is -3.61. The first-order valence-electron chi connectivity index (χ1n) is 7.64. The van der Waals surface area contributed by atoms with Crippen molar-refractivity contribution in [3.63, 3.8) is 0 Å². The van der Waals surface area contributed by atoms with Crippen molar-refractivity contribution in [2.75, 3.05) is 33.4 Å². The second-order valence-electron chi connectivity index (χ2n) is 5.63. The van der Waals surface area contributed by atoms with Crippen molar-refractivity contribution in [2.45, 2.75) is 11.4 Å². The second-order valence-corrected chi connectivity index (χ2v) is 10.1. The zero-order valence-corrected chi connectivity index (χ0v) is 16.8. The summed E-state index contributed by atoms with van der Waals surface area (Å²) < 4.78 is 32.8. The van der Waals surface area contributed by atoms with Crippen LogP contribution in [0.5, 0.6) is 0 Å². The van der Waals surface area contributed by atoms with Crippen LogP contribution in [0.4, 0.5) is 0 Å². The Bertz CT molecular complexity index is 856. The van der Waals surface area contributed by atoms with Crippen molar-refractivity contribution in [3.05, 3.63) is 38.8 Å². The molecule has 0 bridgehead atoms. The SMILES string of the molecule is CN(Cc1ccc(Br)s1)C(=O)c1cc(S(=O)(=O)N2CCOCC2)c[nH]1. The maximum Gasteiger partial charge on any atom is 0.270 e. The first-order valence-corrected chi connectivity index (χ1v) is 10.7. The summed E-state index contributed by atoms with van der Waals surface area (Å²) in [6, 6.07) is 5.27. The lowest BCUT2D eigenvalue weighted by Crippen LogP contribution is -2.40. The van der Waals surface area contributed by atoms with Crippen LogP contribution in [-0.2, 0) is 21.3 Å². The lowest BCUT2D eigenvalue weighted by molar-refractivity contribution is 0.0730. The van der Waals surface area contributed by atoms with Gasteiger partial charge in [-0.3, -0.25) is 4.79 Å². The van der Waals surface area contributed by atoms with Crippen LogP contribution in [0.15, 0.2) is 33.1 Å². The van der Waals surface area contributed by atoms with Gasteiger partial charge in [0.05, 0.1) is 23.5 Å². The number of morpholine rings is 1. The van der Waals surface area contributed by atoms with E-state index in [1.807, 2.05) is 12.1 Å². The van der Waals surface area contributed by atoms with Gasteiger partial charge in [-0.25, -0.2) is 8.42 Å². The molecule has 1 fully saturated rings. The van der Waals surface area contributed by atoms with Gasteiger partial charge in [-0.15, -0.1) is 11.3 Å². The third-order valence-corrected chi connectivity index (χ3v) is 7.35. The highest BCUT2D eigenvalue weighted by atomic mass is 79.9. The first-order chi connectivity index (χ1) is 11.9. The Morgan fingerprint density at radius 1 is 1.40 bits per heavy atom. The monoisotopic (exact) mass is 447 g/mol. The minimum Gasteiger partial charge on any atom is -0.379 e. The molecule has 0 aliphatic carbocycles. The van der Waals surface area contributed by atoms with Crippen molar-refractivity contribution in [1.82, 2.24) is 14.2 Å². The predicted molar refractivity (Wildman–Crippen MR) is 98.2 cm³/mol. The largest absolute Gasteiger partial charge is 0.379 e. The van der Waals surface area contributed by atoms with E-state index < -0.39 is 10.0 Å². The number of amides is 1. The van der Waals surface area contributed by atoms with Gasteiger partial charge >= 0.3 is 0 Å². The van der Waals surface area contributed by atoms with Gasteiger partial charge in [0.2, 0.25) is 10.0 Å². The van der Waals surface area contributed by atoms with Crippen molar-refractivity contribution in [2.24, 2.45) is 0 Å². The predicted octanol–water partition coefficient (Wildman–Crippen LogP) is 2.13. The fourth-order valence-corrected chi connectivity index (χ4v) is 5.47. The number of sulfonamides is 1. The van der Waals surface area contributed by atoms with Crippen LogP contribution in [-0.4, -0.2) is 61.9 Å². The van der Waals surface area contributed by atoms with E-state index in [0.717, 1.165) is 8.66 Å². The molecule has 0 radical (unpaired) electrons. The van der Waals surface area contributed by atoms with Crippen molar-refractivity contribution in [3.8, 4) is 0 Å². The summed E-state index contributed by atoms with van der Waals surface area (Å²) in [5, 5.41) is 0. The van der Waals surface area contributed by atoms with Crippen LogP contribution in [0.25, 0.3) is 0 Å². The highest BCUT2D eigenvalue weighted by Crippen LogP contribution is 2.24. The minimum absolute atomic E-state index is 0.102. The number of H-pyrrole nitrogens is 1. The quantitative estimate of drug-likeness (QED) is 0.760. The Kier molecular flexibility index (Phi) is 5.64. The highest BCUT2D eigenvalue weighted by Gasteiger charge is 2.28. The molecule has 2 aromatic rings. The van der Waals surface area contributed by atoms with E-state index in [1.165, 1.54) is 16.6 Å². The zero-order valence-electron chi connectivity index (χ0n) is 13.6. The third kappa shape index (κ3) is 4.14. The molecule has 1 N–H and O–H groups in total. The van der Waals surface area contributed by atoms with Crippen LogP contribution in [0.3, 0.4) is 0 Å². The molecule has 25 heavy (non-hydrogen) atoms. The van der Waals surface area contributed by atoms with Gasteiger partial charge in [0, 0.05) is 31.2 Å². The molecule has 2 aromatic heterocycles. The molecule has 1 aliphatic heterocycles. The van der Waals surface area contributed by atoms with Crippen molar-refractivity contribution in [1.29, 1.82) is 0 Å². The van der Waals surface area contributed by atoms with E-state index >= 15 is 0 Å². The summed E-state index contributed by atoms with van der Waals surface area (Å²) in [5.74, 6) is -0.257. The number of hydrogen-bond acceptors (Lipinski definition) is 5. The first kappa shape index (κ1) is 18.6. The van der Waals surface area contributed by atoms with Gasteiger partial charge in [-0.2, -0.15) is 4.31 Å². The molecule has 136 valence electrons. The maximum atomic E-state index is 12.6. The van der Waals surface area contributed by atoms with Crippen molar-refractivity contribution >= 4 is 43.2 Å². The van der Waals surface area contributed by atoms with Crippen molar-refractivity contribution < 1.29 is 17.9 Å². The molecular weight excluding hydrogens is 430 g/mol. The molecule has 0 saturated carbocycles. The van der Waals surface area contributed by atoms with E-state index in [-0.39, 0.29) is 16.5 Å². The van der Waals surface area contributed by atoms with E-state index in [1.54, 1.807) is 23.3 Å². The standard InChI is InChI=1S/C15H18BrN3O4S2/c1-18(10-11-2-3-14(16)24-11)15(20)13-8-12(9-17-13)25(21,22)19-4-6-23-7-5-19/h2-3,8-9,17H,4-7,10H2,1H3. The topological polar surface area (TPSA) is 82.7 Å². The van der Waals surface area contributed by atoms with Gasteiger partial charge in [0.1, 0.15) is 10.6 Å². The zero-order chi connectivity index (χ0) is 18.0. The Hall–Kier alpha value is -1.20. The van der Waals surface area contributed by atoms with E-state index in [4.69, 9.17) is 4.74 Å². The fourth-order valence-electron chi connectivity index (χ4n) is 2.53. The number of halogens is 1. The Morgan fingerprint density at radius 3 is 2.76 bits per heavy atom. The molecule has 3 heterocycles. The van der Waals surface area contributed by atoms with Crippen LogP contribution in [0.2, 0.25) is 0 Å². The average molecular weight is 448 g/mol. The van der Waals surface area contributed by atoms with Gasteiger partial charge in [0.15, 0.2) is 0 Å². The van der Waals surface area contributed by atoms with Crippen LogP contribution in [0, 0.1) is 0 Å². The Morgan fingerprint density at radius 2 is 2.12 bits per heavy atom. The van der Waals surface area contributed by atoms with Gasteiger partial charge < -0.3 is 14.6 Å². The lowest BCUT2D eigenvalue weighted by atomic mass is 10.3. The number of nitrogens with zero attached hydrogens (tertiary/aromatic N) is 2. The fraction of sp³-hybridized carbons (Fsp3) is 0.400. The Balaban J connectivity index is 1.72. The number of rotatable bonds is 5. The molecule has 0 unspecified atom stereocenters. The molecule has 1 amide bonds. The number of nitrogens with one attached hydrogen (secondary N) is 1. The number of carbonyl (C=O) groups is 1. The normalized spacial score (nSPS) is 16.1.